The van der Waals surface area contributed by atoms with E-state index in [1.54, 1.807) is 24.3 Å². The van der Waals surface area contributed by atoms with E-state index in [4.69, 9.17) is 21.1 Å². The molecule has 1 aromatic heterocycles. The molecule has 0 saturated heterocycles. The Hall–Kier alpha value is -2.64. The van der Waals surface area contributed by atoms with Gasteiger partial charge in [0.25, 0.3) is 5.91 Å². The van der Waals surface area contributed by atoms with E-state index in [2.05, 4.69) is 4.99 Å². The molecule has 8 heteroatoms. The minimum atomic E-state index is -0.412. The molecule has 3 aromatic rings. The summed E-state index contributed by atoms with van der Waals surface area (Å²) in [5, 5.41) is 0.593. The van der Waals surface area contributed by atoms with Gasteiger partial charge in [0.05, 0.1) is 23.7 Å². The van der Waals surface area contributed by atoms with E-state index in [-0.39, 0.29) is 19.0 Å². The Labute approximate surface area is 171 Å². The second-order valence-corrected chi connectivity index (χ2v) is 7.53. The quantitative estimate of drug-likeness (QED) is 0.572. The van der Waals surface area contributed by atoms with Crippen molar-refractivity contribution >= 4 is 45.0 Å². The topological polar surface area (TPSA) is 69.9 Å². The Morgan fingerprint density at radius 2 is 1.93 bits per heavy atom. The number of aryl methyl sites for hydroxylation is 2. The van der Waals surface area contributed by atoms with E-state index in [1.807, 2.05) is 29.7 Å². The van der Waals surface area contributed by atoms with Crippen LogP contribution in [0.25, 0.3) is 10.2 Å². The first kappa shape index (κ1) is 20.1. The van der Waals surface area contributed by atoms with Gasteiger partial charge < -0.3 is 14.0 Å². The van der Waals surface area contributed by atoms with Gasteiger partial charge in [-0.25, -0.2) is 0 Å². The highest BCUT2D eigenvalue weighted by atomic mass is 35.5. The van der Waals surface area contributed by atoms with Gasteiger partial charge in [0.15, 0.2) is 11.4 Å². The van der Waals surface area contributed by atoms with Crippen molar-refractivity contribution in [2.24, 2.45) is 4.99 Å². The van der Waals surface area contributed by atoms with Crippen LogP contribution in [0.1, 0.15) is 12.0 Å². The molecule has 2 aromatic carbocycles. The third kappa shape index (κ3) is 4.99. The molecule has 0 aliphatic rings. The summed E-state index contributed by atoms with van der Waals surface area (Å²) in [5.41, 5.74) is 2.03. The highest BCUT2D eigenvalue weighted by Crippen LogP contribution is 2.19. The first-order valence-corrected chi connectivity index (χ1v) is 9.78. The van der Waals surface area contributed by atoms with Crippen LogP contribution in [0.15, 0.2) is 47.5 Å². The minimum absolute atomic E-state index is 0.189. The third-order valence-electron chi connectivity index (χ3n) is 4.00. The monoisotopic (exact) mass is 418 g/mol. The molecule has 0 unspecified atom stereocenters. The summed E-state index contributed by atoms with van der Waals surface area (Å²) in [5.74, 6) is -0.189. The van der Waals surface area contributed by atoms with Crippen LogP contribution in [0, 0.1) is 6.92 Å². The lowest BCUT2D eigenvalue weighted by Crippen LogP contribution is -2.21. The molecule has 1 heterocycles. The molecule has 3 rings (SSSR count). The molecule has 0 radical (unpaired) electrons. The molecule has 0 aliphatic heterocycles. The predicted octanol–water partition coefficient (Wildman–Crippen LogP) is 3.73. The number of rotatable bonds is 6. The van der Waals surface area contributed by atoms with E-state index < -0.39 is 5.91 Å². The number of carbonyl (C=O) groups excluding carboxylic acids is 2. The largest absolute Gasteiger partial charge is 0.484 e. The number of methoxy groups -OCH3 is 1. The molecule has 146 valence electrons. The Morgan fingerprint density at radius 3 is 2.64 bits per heavy atom. The van der Waals surface area contributed by atoms with Gasteiger partial charge >= 0.3 is 5.97 Å². The summed E-state index contributed by atoms with van der Waals surface area (Å²) in [6.45, 7) is 2.19. The number of ether oxygens (including phenoxy) is 2. The number of hydrogen-bond acceptors (Lipinski definition) is 5. The van der Waals surface area contributed by atoms with Crippen molar-refractivity contribution in [1.29, 1.82) is 0 Å². The zero-order chi connectivity index (χ0) is 20.1. The zero-order valence-corrected chi connectivity index (χ0v) is 17.0. The van der Waals surface area contributed by atoms with Crippen molar-refractivity contribution < 1.29 is 19.1 Å². The van der Waals surface area contributed by atoms with Crippen molar-refractivity contribution in [3.63, 3.8) is 0 Å². The van der Waals surface area contributed by atoms with Crippen LogP contribution in [-0.4, -0.2) is 30.2 Å². The van der Waals surface area contributed by atoms with Crippen LogP contribution in [-0.2, 0) is 20.9 Å². The van der Waals surface area contributed by atoms with Gasteiger partial charge in [-0.15, -0.1) is 0 Å². The Bertz CT molecular complexity index is 1070. The van der Waals surface area contributed by atoms with Gasteiger partial charge in [0.1, 0.15) is 5.75 Å². The lowest BCUT2D eigenvalue weighted by Gasteiger charge is -2.05. The summed E-state index contributed by atoms with van der Waals surface area (Å²) in [4.78, 5) is 28.6. The second kappa shape index (κ2) is 9.03. The van der Waals surface area contributed by atoms with Gasteiger partial charge in [-0.05, 0) is 48.9 Å². The average Bonchev–Trinajstić information content (AvgIpc) is 3.01. The maximum Gasteiger partial charge on any atom is 0.307 e. The number of esters is 1. The smallest absolute Gasteiger partial charge is 0.307 e. The lowest BCUT2D eigenvalue weighted by molar-refractivity contribution is -0.140. The molecule has 0 aliphatic carbocycles. The van der Waals surface area contributed by atoms with E-state index in [0.717, 1.165) is 15.8 Å². The molecule has 0 saturated carbocycles. The third-order valence-corrected chi connectivity index (χ3v) is 5.29. The molecule has 6 nitrogen and oxygen atoms in total. The molecule has 0 bridgehead atoms. The standard InChI is InChI=1S/C20H19ClN2O4S/c1-13-3-8-16-17(11-13)28-20(23(16)10-9-19(25)26-2)22-18(24)12-27-15-6-4-14(21)5-7-15/h3-8,11H,9-10,12H2,1-2H3. The van der Waals surface area contributed by atoms with Crippen LogP contribution < -0.4 is 9.54 Å². The van der Waals surface area contributed by atoms with Crippen molar-refractivity contribution in [2.75, 3.05) is 13.7 Å². The van der Waals surface area contributed by atoms with Crippen LogP contribution in [0.4, 0.5) is 0 Å². The SMILES string of the molecule is COC(=O)CCn1c(=NC(=O)COc2ccc(Cl)cc2)sc2cc(C)ccc21. The van der Waals surface area contributed by atoms with E-state index >= 15 is 0 Å². The molecular formula is C20H19ClN2O4S. The first-order chi connectivity index (χ1) is 13.5. The summed E-state index contributed by atoms with van der Waals surface area (Å²) in [6, 6.07) is 12.7. The number of fused-ring (bicyclic) bond motifs is 1. The summed E-state index contributed by atoms with van der Waals surface area (Å²) in [6.07, 6.45) is 0.193. The number of aromatic nitrogens is 1. The number of amides is 1. The number of nitrogens with zero attached hydrogens (tertiary/aromatic N) is 2. The van der Waals surface area contributed by atoms with E-state index in [9.17, 15) is 9.59 Å². The zero-order valence-electron chi connectivity index (χ0n) is 15.5. The lowest BCUT2D eigenvalue weighted by atomic mass is 10.2. The fourth-order valence-corrected chi connectivity index (χ4v) is 3.90. The van der Waals surface area contributed by atoms with Gasteiger partial charge in [-0.3, -0.25) is 9.59 Å². The maximum absolute atomic E-state index is 12.3. The van der Waals surface area contributed by atoms with Gasteiger partial charge in [-0.1, -0.05) is 29.0 Å². The Morgan fingerprint density at radius 1 is 1.18 bits per heavy atom. The van der Waals surface area contributed by atoms with Crippen LogP contribution >= 0.6 is 22.9 Å². The molecule has 0 N–H and O–H groups in total. The number of hydrogen-bond donors (Lipinski definition) is 0. The van der Waals surface area contributed by atoms with Crippen LogP contribution in [0.2, 0.25) is 5.02 Å². The fourth-order valence-electron chi connectivity index (χ4n) is 2.60. The molecule has 0 fully saturated rings. The average molecular weight is 419 g/mol. The van der Waals surface area contributed by atoms with Gasteiger partial charge in [0.2, 0.25) is 0 Å². The summed E-state index contributed by atoms with van der Waals surface area (Å²) >= 11 is 7.24. The molecule has 0 atom stereocenters. The summed E-state index contributed by atoms with van der Waals surface area (Å²) in [7, 11) is 1.35. The van der Waals surface area contributed by atoms with Gasteiger partial charge in [-0.2, -0.15) is 4.99 Å². The Kier molecular flexibility index (Phi) is 6.49. The highest BCUT2D eigenvalue weighted by Gasteiger charge is 2.11. The first-order valence-electron chi connectivity index (χ1n) is 8.59. The summed E-state index contributed by atoms with van der Waals surface area (Å²) < 4.78 is 13.0. The van der Waals surface area contributed by atoms with Gasteiger partial charge in [0, 0.05) is 11.6 Å². The van der Waals surface area contributed by atoms with E-state index in [0.29, 0.717) is 22.1 Å². The molecular weight excluding hydrogens is 400 g/mol. The molecule has 0 spiro atoms. The van der Waals surface area contributed by atoms with Crippen molar-refractivity contribution in [1.82, 2.24) is 4.57 Å². The van der Waals surface area contributed by atoms with Crippen LogP contribution in [0.5, 0.6) is 5.75 Å². The van der Waals surface area contributed by atoms with Crippen molar-refractivity contribution in [2.45, 2.75) is 19.9 Å². The number of carbonyl (C=O) groups is 2. The van der Waals surface area contributed by atoms with Crippen molar-refractivity contribution in [3.8, 4) is 5.75 Å². The number of thiazole rings is 1. The highest BCUT2D eigenvalue weighted by molar-refractivity contribution is 7.16. The normalized spacial score (nSPS) is 11.6. The number of benzene rings is 2. The number of halogens is 1. The fraction of sp³-hybridized carbons (Fsp3) is 0.250. The predicted molar refractivity (Wildman–Crippen MR) is 109 cm³/mol. The maximum atomic E-state index is 12.3. The molecule has 28 heavy (non-hydrogen) atoms. The molecule has 1 amide bonds. The second-order valence-electron chi connectivity index (χ2n) is 6.08. The van der Waals surface area contributed by atoms with E-state index in [1.165, 1.54) is 18.4 Å². The van der Waals surface area contributed by atoms with Crippen LogP contribution in [0.3, 0.4) is 0 Å². The minimum Gasteiger partial charge on any atom is -0.484 e. The Balaban J connectivity index is 1.85. The van der Waals surface area contributed by atoms with Crippen molar-refractivity contribution in [3.05, 3.63) is 57.9 Å².